The molecule has 1 aliphatic carbocycles. The maximum atomic E-state index is 13.4. The van der Waals surface area contributed by atoms with Crippen LogP contribution in [-0.2, 0) is 19.7 Å². The Kier molecular flexibility index (Phi) is 7.49. The van der Waals surface area contributed by atoms with Gasteiger partial charge in [0, 0.05) is 7.11 Å². The largest absolute Gasteiger partial charge is 0.465 e. The van der Waals surface area contributed by atoms with Crippen LogP contribution in [0.25, 0.3) is 11.1 Å². The van der Waals surface area contributed by atoms with Gasteiger partial charge in [0.25, 0.3) is 0 Å². The lowest BCUT2D eigenvalue weighted by atomic mass is 9.79. The number of benzene rings is 2. The molecule has 0 amide bonds. The van der Waals surface area contributed by atoms with Crippen LogP contribution in [0.1, 0.15) is 63.5 Å². The van der Waals surface area contributed by atoms with Crippen LogP contribution in [-0.4, -0.2) is 26.3 Å². The molecular weight excluding hydrogens is 360 g/mol. The predicted octanol–water partition coefficient (Wildman–Crippen LogP) is 6.14. The molecule has 0 saturated heterocycles. The van der Waals surface area contributed by atoms with Crippen molar-refractivity contribution in [3.63, 3.8) is 0 Å². The van der Waals surface area contributed by atoms with E-state index in [4.69, 9.17) is 9.47 Å². The number of rotatable bonds is 11. The fraction of sp³-hybridized carbons (Fsp3) is 0.500. The van der Waals surface area contributed by atoms with Gasteiger partial charge in [-0.05, 0) is 34.6 Å². The van der Waals surface area contributed by atoms with Crippen molar-refractivity contribution in [1.82, 2.24) is 0 Å². The fourth-order valence-electron chi connectivity index (χ4n) is 4.45. The van der Waals surface area contributed by atoms with Gasteiger partial charge >= 0.3 is 5.97 Å². The molecule has 0 spiro atoms. The third-order valence-electron chi connectivity index (χ3n) is 5.93. The van der Waals surface area contributed by atoms with E-state index >= 15 is 0 Å². The Labute approximate surface area is 175 Å². The minimum absolute atomic E-state index is 0.198. The molecule has 3 rings (SSSR count). The van der Waals surface area contributed by atoms with Gasteiger partial charge in [-0.15, -0.1) is 0 Å². The average Bonchev–Trinajstić information content (AvgIpc) is 3.01. The third kappa shape index (κ3) is 4.56. The summed E-state index contributed by atoms with van der Waals surface area (Å²) in [5, 5.41) is 0. The molecule has 2 aromatic rings. The van der Waals surface area contributed by atoms with E-state index in [9.17, 15) is 4.79 Å². The van der Waals surface area contributed by atoms with Gasteiger partial charge in [-0.25, -0.2) is 0 Å². The van der Waals surface area contributed by atoms with E-state index in [1.807, 2.05) is 36.4 Å². The second-order valence-electron chi connectivity index (χ2n) is 8.52. The zero-order valence-electron chi connectivity index (χ0n) is 18.1. The molecule has 0 fully saturated rings. The number of unbranched alkanes of at least 4 members (excludes halogenated alkanes) is 4. The minimum Gasteiger partial charge on any atom is -0.465 e. The molecule has 3 heteroatoms. The van der Waals surface area contributed by atoms with Crippen molar-refractivity contribution in [2.24, 2.45) is 5.92 Å². The van der Waals surface area contributed by atoms with Gasteiger partial charge in [0.05, 0.1) is 13.2 Å². The Morgan fingerprint density at radius 3 is 2.00 bits per heavy atom. The summed E-state index contributed by atoms with van der Waals surface area (Å²) in [7, 11) is 1.65. The minimum atomic E-state index is -0.876. The molecule has 1 aliphatic rings. The number of fused-ring (bicyclic) bond motifs is 3. The summed E-state index contributed by atoms with van der Waals surface area (Å²) in [6.45, 7) is 5.30. The highest BCUT2D eigenvalue weighted by Gasteiger charge is 2.50. The maximum absolute atomic E-state index is 13.4. The Morgan fingerprint density at radius 2 is 1.41 bits per heavy atom. The van der Waals surface area contributed by atoms with Gasteiger partial charge in [0.15, 0.2) is 0 Å². The zero-order valence-corrected chi connectivity index (χ0v) is 18.1. The Hall–Kier alpha value is -2.13. The molecule has 0 heterocycles. The first-order valence-corrected chi connectivity index (χ1v) is 11.0. The number of carbonyl (C=O) groups excluding carboxylic acids is 1. The van der Waals surface area contributed by atoms with E-state index in [1.54, 1.807) is 7.11 Å². The number of methoxy groups -OCH3 is 1. The highest BCUT2D eigenvalue weighted by atomic mass is 16.5. The smallest absolute Gasteiger partial charge is 0.323 e. The zero-order chi connectivity index (χ0) is 20.7. The highest BCUT2D eigenvalue weighted by Crippen LogP contribution is 2.49. The summed E-state index contributed by atoms with van der Waals surface area (Å²) < 4.78 is 11.4. The van der Waals surface area contributed by atoms with Crippen LogP contribution >= 0.6 is 0 Å². The number of hydrogen-bond acceptors (Lipinski definition) is 3. The molecule has 2 aromatic carbocycles. The molecule has 0 aliphatic heterocycles. The van der Waals surface area contributed by atoms with Crippen molar-refractivity contribution in [3.8, 4) is 11.1 Å². The van der Waals surface area contributed by atoms with Gasteiger partial charge in [-0.2, -0.15) is 0 Å². The number of ether oxygens (including phenoxy) is 2. The van der Waals surface area contributed by atoms with Crippen molar-refractivity contribution in [1.29, 1.82) is 0 Å². The first-order valence-electron chi connectivity index (χ1n) is 11.0. The van der Waals surface area contributed by atoms with Crippen molar-refractivity contribution in [2.45, 2.75) is 57.8 Å². The Balaban J connectivity index is 1.66. The summed E-state index contributed by atoms with van der Waals surface area (Å²) in [6.07, 6.45) is 7.09. The Bertz CT molecular complexity index is 764. The summed E-state index contributed by atoms with van der Waals surface area (Å²) >= 11 is 0. The van der Waals surface area contributed by atoms with Crippen molar-refractivity contribution in [3.05, 3.63) is 59.7 Å². The lowest BCUT2D eigenvalue weighted by Crippen LogP contribution is -2.41. The molecule has 0 aromatic heterocycles. The maximum Gasteiger partial charge on any atom is 0.323 e. The van der Waals surface area contributed by atoms with Gasteiger partial charge in [0.1, 0.15) is 5.41 Å². The molecule has 0 radical (unpaired) electrons. The molecule has 0 bridgehead atoms. The number of carbonyl (C=O) groups is 1. The van der Waals surface area contributed by atoms with Crippen LogP contribution < -0.4 is 0 Å². The van der Waals surface area contributed by atoms with Crippen molar-refractivity contribution >= 4 is 5.97 Å². The standard InChI is InChI=1S/C26H34O3/c1-20(2)13-7-5-4-6-12-18-29-25(27)26(19-28-3)23-16-10-8-14-21(23)22-15-9-11-17-24(22)26/h8-11,14-17,20H,4-7,12-13,18-19H2,1-3H3. The number of esters is 1. The lowest BCUT2D eigenvalue weighted by molar-refractivity contribution is -0.151. The van der Waals surface area contributed by atoms with E-state index in [-0.39, 0.29) is 12.6 Å². The summed E-state index contributed by atoms with van der Waals surface area (Å²) in [6, 6.07) is 16.2. The fourth-order valence-corrected chi connectivity index (χ4v) is 4.45. The van der Waals surface area contributed by atoms with E-state index in [1.165, 1.54) is 25.7 Å². The normalized spacial score (nSPS) is 13.9. The summed E-state index contributed by atoms with van der Waals surface area (Å²) in [5.74, 6) is 0.585. The molecule has 156 valence electrons. The predicted molar refractivity (Wildman–Crippen MR) is 118 cm³/mol. The van der Waals surface area contributed by atoms with Crippen LogP contribution in [0.3, 0.4) is 0 Å². The molecule has 0 N–H and O–H groups in total. The van der Waals surface area contributed by atoms with E-state index in [0.717, 1.165) is 41.0 Å². The van der Waals surface area contributed by atoms with Crippen LogP contribution in [0.4, 0.5) is 0 Å². The van der Waals surface area contributed by atoms with Gasteiger partial charge in [-0.1, -0.05) is 94.5 Å². The van der Waals surface area contributed by atoms with Crippen LogP contribution in [0.5, 0.6) is 0 Å². The lowest BCUT2D eigenvalue weighted by Gasteiger charge is -2.29. The molecule has 3 nitrogen and oxygen atoms in total. The van der Waals surface area contributed by atoms with E-state index in [2.05, 4.69) is 26.0 Å². The third-order valence-corrected chi connectivity index (χ3v) is 5.93. The monoisotopic (exact) mass is 394 g/mol. The van der Waals surface area contributed by atoms with Crippen LogP contribution in [0, 0.1) is 5.92 Å². The molecule has 0 atom stereocenters. The van der Waals surface area contributed by atoms with Gasteiger partial charge < -0.3 is 9.47 Å². The first-order chi connectivity index (χ1) is 14.1. The van der Waals surface area contributed by atoms with E-state index < -0.39 is 5.41 Å². The Morgan fingerprint density at radius 1 is 0.862 bits per heavy atom. The van der Waals surface area contributed by atoms with Crippen molar-refractivity contribution < 1.29 is 14.3 Å². The second-order valence-corrected chi connectivity index (χ2v) is 8.52. The van der Waals surface area contributed by atoms with E-state index in [0.29, 0.717) is 6.61 Å². The molecular formula is C26H34O3. The molecule has 29 heavy (non-hydrogen) atoms. The topological polar surface area (TPSA) is 35.5 Å². The van der Waals surface area contributed by atoms with Crippen LogP contribution in [0.15, 0.2) is 48.5 Å². The van der Waals surface area contributed by atoms with Crippen LogP contribution in [0.2, 0.25) is 0 Å². The van der Waals surface area contributed by atoms with Crippen molar-refractivity contribution in [2.75, 3.05) is 20.3 Å². The summed E-state index contributed by atoms with van der Waals surface area (Å²) in [5.41, 5.74) is 3.30. The molecule has 0 saturated carbocycles. The highest BCUT2D eigenvalue weighted by molar-refractivity contribution is 5.98. The number of hydrogen-bond donors (Lipinski definition) is 0. The van der Waals surface area contributed by atoms with Gasteiger partial charge in [-0.3, -0.25) is 4.79 Å². The first kappa shape index (κ1) is 21.6. The average molecular weight is 395 g/mol. The quantitative estimate of drug-likeness (QED) is 0.339. The summed E-state index contributed by atoms with van der Waals surface area (Å²) in [4.78, 5) is 13.4. The second kappa shape index (κ2) is 10.1. The van der Waals surface area contributed by atoms with Gasteiger partial charge in [0.2, 0.25) is 0 Å². The SMILES string of the molecule is COCC1(C(=O)OCCCCCCCC(C)C)c2ccccc2-c2ccccc21. The molecule has 0 unspecified atom stereocenters.